The number of rotatable bonds is 3. The molecule has 0 saturated carbocycles. The van der Waals surface area contributed by atoms with Gasteiger partial charge in [0, 0.05) is 31.7 Å². The number of hydrogen-bond acceptors (Lipinski definition) is 5. The molecule has 1 fully saturated rings. The van der Waals surface area contributed by atoms with E-state index >= 15 is 0 Å². The van der Waals surface area contributed by atoms with Gasteiger partial charge in [0.15, 0.2) is 0 Å². The topological polar surface area (TPSA) is 65.0 Å². The van der Waals surface area contributed by atoms with Gasteiger partial charge in [0.1, 0.15) is 11.4 Å². The Kier molecular flexibility index (Phi) is 5.72. The number of phenols is 1. The number of nitrogens with one attached hydrogen (secondary N) is 1. The number of nitrogens with zero attached hydrogens (tertiary/aromatic N) is 2. The number of carbonyl (C=O) groups is 1. The molecule has 1 heterocycles. The zero-order chi connectivity index (χ0) is 17.9. The van der Waals surface area contributed by atoms with Crippen LogP contribution < -0.4 is 5.32 Å². The van der Waals surface area contributed by atoms with Crippen LogP contribution in [-0.2, 0) is 11.3 Å². The summed E-state index contributed by atoms with van der Waals surface area (Å²) >= 11 is 0. The van der Waals surface area contributed by atoms with Crippen LogP contribution in [-0.4, -0.2) is 60.3 Å². The summed E-state index contributed by atoms with van der Waals surface area (Å²) in [5.74, 6) is 0.298. The van der Waals surface area contributed by atoms with E-state index in [1.54, 1.807) is 11.0 Å². The third-order valence-electron chi connectivity index (χ3n) is 3.82. The molecule has 6 nitrogen and oxygen atoms in total. The average Bonchev–Trinajstić information content (AvgIpc) is 2.47. The van der Waals surface area contributed by atoms with Gasteiger partial charge in [-0.15, -0.1) is 0 Å². The second kappa shape index (κ2) is 7.40. The van der Waals surface area contributed by atoms with E-state index in [1.807, 2.05) is 51.9 Å². The summed E-state index contributed by atoms with van der Waals surface area (Å²) < 4.78 is 5.47. The molecule has 1 saturated heterocycles. The number of phenolic OH excluding ortho intramolecular Hbond substituents is 1. The van der Waals surface area contributed by atoms with Crippen LogP contribution in [0.25, 0.3) is 0 Å². The molecule has 0 aromatic heterocycles. The molecule has 2 N–H and O–H groups in total. The van der Waals surface area contributed by atoms with E-state index in [1.165, 1.54) is 0 Å². The fourth-order valence-electron chi connectivity index (χ4n) is 2.76. The van der Waals surface area contributed by atoms with Crippen molar-refractivity contribution in [2.75, 3.05) is 33.7 Å². The molecule has 1 unspecified atom stereocenters. The van der Waals surface area contributed by atoms with Crippen LogP contribution in [0.2, 0.25) is 0 Å². The van der Waals surface area contributed by atoms with Crippen LogP contribution in [0.3, 0.4) is 0 Å². The Morgan fingerprint density at radius 1 is 1.42 bits per heavy atom. The summed E-state index contributed by atoms with van der Waals surface area (Å²) in [5, 5.41) is 13.5. The van der Waals surface area contributed by atoms with Gasteiger partial charge in [0.05, 0.1) is 6.04 Å². The van der Waals surface area contributed by atoms with Gasteiger partial charge < -0.3 is 25.0 Å². The van der Waals surface area contributed by atoms with Crippen molar-refractivity contribution in [2.24, 2.45) is 0 Å². The van der Waals surface area contributed by atoms with E-state index in [9.17, 15) is 9.90 Å². The molecule has 1 atom stereocenters. The molecule has 1 aliphatic heterocycles. The number of benzene rings is 1. The van der Waals surface area contributed by atoms with Crippen molar-refractivity contribution in [3.05, 3.63) is 29.3 Å². The van der Waals surface area contributed by atoms with Gasteiger partial charge >= 0.3 is 6.09 Å². The summed E-state index contributed by atoms with van der Waals surface area (Å²) in [5.41, 5.74) is 1.46. The van der Waals surface area contributed by atoms with Crippen molar-refractivity contribution in [2.45, 2.75) is 39.0 Å². The van der Waals surface area contributed by atoms with Crippen molar-refractivity contribution >= 4 is 6.09 Å². The molecule has 0 spiro atoms. The smallest absolute Gasteiger partial charge is 0.410 e. The molecular formula is C18H29N3O3. The molecule has 1 amide bonds. The third kappa shape index (κ3) is 5.11. The maximum Gasteiger partial charge on any atom is 0.410 e. The molecule has 134 valence electrons. The van der Waals surface area contributed by atoms with Crippen molar-refractivity contribution in [1.29, 1.82) is 0 Å². The average molecular weight is 335 g/mol. The minimum absolute atomic E-state index is 0.0350. The van der Waals surface area contributed by atoms with E-state index in [0.717, 1.165) is 11.1 Å². The SMILES string of the molecule is CN(C)Cc1cc(C2CN(C(=O)OC(C)(C)C)CCN2)ccc1O. The fraction of sp³-hybridized carbons (Fsp3) is 0.611. The van der Waals surface area contributed by atoms with Gasteiger partial charge in [-0.05, 0) is 52.6 Å². The molecule has 0 aliphatic carbocycles. The second-order valence-corrected chi connectivity index (χ2v) is 7.56. The lowest BCUT2D eigenvalue weighted by Gasteiger charge is -2.35. The normalized spacial score (nSPS) is 18.8. The molecule has 1 aromatic carbocycles. The first kappa shape index (κ1) is 18.5. The first-order chi connectivity index (χ1) is 11.2. The third-order valence-corrected chi connectivity index (χ3v) is 3.82. The van der Waals surface area contributed by atoms with E-state index in [4.69, 9.17) is 4.74 Å². The Bertz CT molecular complexity index is 581. The molecule has 1 aromatic rings. The van der Waals surface area contributed by atoms with Gasteiger partial charge in [-0.3, -0.25) is 0 Å². The molecule has 1 aliphatic rings. The van der Waals surface area contributed by atoms with E-state index < -0.39 is 5.60 Å². The number of amides is 1. The van der Waals surface area contributed by atoms with Crippen LogP contribution in [0.1, 0.15) is 37.9 Å². The Labute approximate surface area is 144 Å². The summed E-state index contributed by atoms with van der Waals surface area (Å²) in [6, 6.07) is 5.67. The lowest BCUT2D eigenvalue weighted by molar-refractivity contribution is 0.0195. The Balaban J connectivity index is 2.10. The maximum absolute atomic E-state index is 12.3. The Morgan fingerprint density at radius 2 is 2.12 bits per heavy atom. The molecule has 0 bridgehead atoms. The van der Waals surface area contributed by atoms with Crippen molar-refractivity contribution in [3.8, 4) is 5.75 Å². The predicted molar refractivity (Wildman–Crippen MR) is 94.0 cm³/mol. The first-order valence-corrected chi connectivity index (χ1v) is 8.33. The lowest BCUT2D eigenvalue weighted by Crippen LogP contribution is -2.49. The zero-order valence-corrected chi connectivity index (χ0v) is 15.3. The van der Waals surface area contributed by atoms with Crippen LogP contribution in [0.15, 0.2) is 18.2 Å². The number of carbonyl (C=O) groups excluding carboxylic acids is 1. The van der Waals surface area contributed by atoms with Gasteiger partial charge in [-0.2, -0.15) is 0 Å². The van der Waals surface area contributed by atoms with Crippen LogP contribution in [0.5, 0.6) is 5.75 Å². The zero-order valence-electron chi connectivity index (χ0n) is 15.3. The quantitative estimate of drug-likeness (QED) is 0.887. The minimum atomic E-state index is -0.491. The molecule has 24 heavy (non-hydrogen) atoms. The van der Waals surface area contributed by atoms with Gasteiger partial charge in [0.25, 0.3) is 0 Å². The molecule has 6 heteroatoms. The number of piperazine rings is 1. The standard InChI is InChI=1S/C18H29N3O3/c1-18(2,3)24-17(23)21-9-8-19-15(12-21)13-6-7-16(22)14(10-13)11-20(4)5/h6-7,10,15,19,22H,8-9,11-12H2,1-5H3. The van der Waals surface area contributed by atoms with Crippen LogP contribution in [0, 0.1) is 0 Å². The predicted octanol–water partition coefficient (Wildman–Crippen LogP) is 2.34. The lowest BCUT2D eigenvalue weighted by atomic mass is 10.0. The number of aromatic hydroxyl groups is 1. The highest BCUT2D eigenvalue weighted by Gasteiger charge is 2.28. The second-order valence-electron chi connectivity index (χ2n) is 7.56. The monoisotopic (exact) mass is 335 g/mol. The van der Waals surface area contributed by atoms with Crippen molar-refractivity contribution in [3.63, 3.8) is 0 Å². The Morgan fingerprint density at radius 3 is 2.75 bits per heavy atom. The first-order valence-electron chi connectivity index (χ1n) is 8.33. The van der Waals surface area contributed by atoms with Crippen molar-refractivity contribution in [1.82, 2.24) is 15.1 Å². The van der Waals surface area contributed by atoms with Crippen LogP contribution >= 0.6 is 0 Å². The number of ether oxygens (including phenoxy) is 1. The maximum atomic E-state index is 12.3. The van der Waals surface area contributed by atoms with Crippen LogP contribution in [0.4, 0.5) is 4.79 Å². The molecule has 0 radical (unpaired) electrons. The molecule has 2 rings (SSSR count). The number of hydrogen-bond donors (Lipinski definition) is 2. The van der Waals surface area contributed by atoms with Crippen molar-refractivity contribution < 1.29 is 14.6 Å². The van der Waals surface area contributed by atoms with Gasteiger partial charge in [-0.25, -0.2) is 4.79 Å². The summed E-state index contributed by atoms with van der Waals surface area (Å²) in [7, 11) is 3.93. The highest BCUT2D eigenvalue weighted by Crippen LogP contribution is 2.25. The fourth-order valence-corrected chi connectivity index (χ4v) is 2.76. The molecular weight excluding hydrogens is 306 g/mol. The van der Waals surface area contributed by atoms with E-state index in [0.29, 0.717) is 31.9 Å². The van der Waals surface area contributed by atoms with Gasteiger partial charge in [-0.1, -0.05) is 6.07 Å². The highest BCUT2D eigenvalue weighted by molar-refractivity contribution is 5.68. The summed E-state index contributed by atoms with van der Waals surface area (Å²) in [6.45, 7) is 8.19. The summed E-state index contributed by atoms with van der Waals surface area (Å²) in [4.78, 5) is 16.0. The Hall–Kier alpha value is -1.79. The largest absolute Gasteiger partial charge is 0.508 e. The van der Waals surface area contributed by atoms with Gasteiger partial charge in [0.2, 0.25) is 0 Å². The minimum Gasteiger partial charge on any atom is -0.508 e. The van der Waals surface area contributed by atoms with E-state index in [2.05, 4.69) is 5.32 Å². The summed E-state index contributed by atoms with van der Waals surface area (Å²) in [6.07, 6.45) is -0.277. The highest BCUT2D eigenvalue weighted by atomic mass is 16.6. The van der Waals surface area contributed by atoms with E-state index in [-0.39, 0.29) is 12.1 Å².